The first-order valence-electron chi connectivity index (χ1n) is 37.3. The van der Waals surface area contributed by atoms with E-state index in [-0.39, 0.29) is 25.7 Å². The summed E-state index contributed by atoms with van der Waals surface area (Å²) in [5.41, 5.74) is 0. The molecule has 0 aliphatic heterocycles. The highest BCUT2D eigenvalue weighted by molar-refractivity contribution is 7.47. The van der Waals surface area contributed by atoms with Crippen molar-refractivity contribution in [2.75, 3.05) is 39.6 Å². The van der Waals surface area contributed by atoms with Crippen LogP contribution in [0, 0.1) is 17.8 Å². The van der Waals surface area contributed by atoms with Gasteiger partial charge >= 0.3 is 39.5 Å². The van der Waals surface area contributed by atoms with Crippen LogP contribution in [0.5, 0.6) is 0 Å². The number of carbonyl (C=O) groups is 4. The van der Waals surface area contributed by atoms with Crippen molar-refractivity contribution in [2.24, 2.45) is 17.8 Å². The maximum Gasteiger partial charge on any atom is 0.472 e. The molecule has 540 valence electrons. The molecule has 3 N–H and O–H groups in total. The standard InChI is InChI=1S/C72H140O17P2/c1-8-9-10-11-12-13-14-15-16-17-18-19-20-21-22-27-32-41-48-55-71(76)88-67(59-82-69(74)53-46-39-31-26-24-23-25-29-36-43-50-63(2)3)61-86-90(78,79)84-57-66(73)58-85-91(80,81)87-62-68(60-83-70(75)54-47-40-35-34-38-45-52-65(6)7)89-72(77)56-49-42-33-28-30-37-44-51-64(4)5/h63-68,73H,8-62H2,1-7H3,(H,78,79)(H,80,81)/t66-,67-,68-/m1/s1. The van der Waals surface area contributed by atoms with E-state index in [4.69, 9.17) is 37.0 Å². The second-order valence-corrected chi connectivity index (χ2v) is 30.3. The molecular formula is C72H140O17P2. The molecule has 0 aromatic heterocycles. The van der Waals surface area contributed by atoms with Crippen LogP contribution in [-0.4, -0.2) is 96.7 Å². The van der Waals surface area contributed by atoms with Gasteiger partial charge in [-0.3, -0.25) is 37.3 Å². The first-order valence-corrected chi connectivity index (χ1v) is 40.3. The zero-order valence-electron chi connectivity index (χ0n) is 59.3. The van der Waals surface area contributed by atoms with Crippen LogP contribution < -0.4 is 0 Å². The van der Waals surface area contributed by atoms with Crippen LogP contribution in [0.2, 0.25) is 0 Å². The molecule has 0 saturated carbocycles. The molecule has 0 spiro atoms. The van der Waals surface area contributed by atoms with E-state index in [1.54, 1.807) is 0 Å². The number of aliphatic hydroxyl groups is 1. The lowest BCUT2D eigenvalue weighted by atomic mass is 10.0. The molecule has 91 heavy (non-hydrogen) atoms. The van der Waals surface area contributed by atoms with Crippen molar-refractivity contribution in [2.45, 2.75) is 381 Å². The summed E-state index contributed by atoms with van der Waals surface area (Å²) in [6.07, 6.45) is 47.6. The summed E-state index contributed by atoms with van der Waals surface area (Å²) in [5.74, 6) is 0.00503. The third-order valence-corrected chi connectivity index (χ3v) is 18.5. The highest BCUT2D eigenvalue weighted by atomic mass is 31.2. The lowest BCUT2D eigenvalue weighted by Crippen LogP contribution is -2.30. The Kier molecular flexibility index (Phi) is 61.5. The van der Waals surface area contributed by atoms with Crippen LogP contribution >= 0.6 is 15.6 Å². The first-order chi connectivity index (χ1) is 43.7. The third kappa shape index (κ3) is 66.5. The number of carbonyl (C=O) groups excluding carboxylic acids is 4. The predicted molar refractivity (Wildman–Crippen MR) is 368 cm³/mol. The Morgan fingerprint density at radius 3 is 0.747 bits per heavy atom. The summed E-state index contributed by atoms with van der Waals surface area (Å²) in [6.45, 7) is 11.7. The van der Waals surface area contributed by atoms with Crippen LogP contribution in [0.25, 0.3) is 0 Å². The van der Waals surface area contributed by atoms with Gasteiger partial charge in [0.1, 0.15) is 19.3 Å². The fourth-order valence-electron chi connectivity index (χ4n) is 10.9. The molecule has 0 aliphatic rings. The Morgan fingerprint density at radius 2 is 0.505 bits per heavy atom. The van der Waals surface area contributed by atoms with Gasteiger partial charge in [-0.2, -0.15) is 0 Å². The van der Waals surface area contributed by atoms with E-state index >= 15 is 0 Å². The third-order valence-electron chi connectivity index (χ3n) is 16.6. The van der Waals surface area contributed by atoms with Crippen LogP contribution in [0.4, 0.5) is 0 Å². The minimum atomic E-state index is -4.95. The van der Waals surface area contributed by atoms with Gasteiger partial charge in [-0.25, -0.2) is 9.13 Å². The maximum absolute atomic E-state index is 13.0. The molecule has 2 unspecified atom stereocenters. The number of hydrogen-bond acceptors (Lipinski definition) is 15. The van der Waals surface area contributed by atoms with Gasteiger partial charge in [0.2, 0.25) is 0 Å². The second kappa shape index (κ2) is 62.8. The number of phosphoric acid groups is 2. The van der Waals surface area contributed by atoms with Crippen LogP contribution in [0.1, 0.15) is 363 Å². The first kappa shape index (κ1) is 89.1. The quantitative estimate of drug-likeness (QED) is 0.0222. The van der Waals surface area contributed by atoms with E-state index in [1.165, 1.54) is 167 Å². The predicted octanol–water partition coefficient (Wildman–Crippen LogP) is 20.6. The molecule has 0 bridgehead atoms. The van der Waals surface area contributed by atoms with Crippen molar-refractivity contribution < 1.29 is 80.2 Å². The highest BCUT2D eigenvalue weighted by Gasteiger charge is 2.30. The largest absolute Gasteiger partial charge is 0.472 e. The molecule has 0 amide bonds. The van der Waals surface area contributed by atoms with E-state index in [2.05, 4.69) is 48.5 Å². The summed E-state index contributed by atoms with van der Waals surface area (Å²) < 4.78 is 68.3. The Bertz CT molecular complexity index is 1780. The van der Waals surface area contributed by atoms with Gasteiger partial charge in [0, 0.05) is 25.7 Å². The van der Waals surface area contributed by atoms with E-state index in [1.807, 2.05) is 0 Å². The molecule has 5 atom stereocenters. The monoisotopic (exact) mass is 1340 g/mol. The lowest BCUT2D eigenvalue weighted by Gasteiger charge is -2.21. The van der Waals surface area contributed by atoms with E-state index in [9.17, 15) is 43.2 Å². The number of unbranched alkanes of at least 4 members (excludes halogenated alkanes) is 38. The molecule has 0 rings (SSSR count). The average molecular weight is 1340 g/mol. The molecule has 0 aromatic rings. The van der Waals surface area contributed by atoms with E-state index in [0.29, 0.717) is 37.5 Å². The number of phosphoric ester groups is 2. The van der Waals surface area contributed by atoms with Gasteiger partial charge in [-0.15, -0.1) is 0 Å². The highest BCUT2D eigenvalue weighted by Crippen LogP contribution is 2.45. The van der Waals surface area contributed by atoms with Gasteiger partial charge in [0.15, 0.2) is 12.2 Å². The molecule has 0 saturated heterocycles. The van der Waals surface area contributed by atoms with Crippen molar-refractivity contribution >= 4 is 39.5 Å². The Morgan fingerprint density at radius 1 is 0.297 bits per heavy atom. The summed E-state index contributed by atoms with van der Waals surface area (Å²) >= 11 is 0. The van der Waals surface area contributed by atoms with Gasteiger partial charge in [-0.1, -0.05) is 312 Å². The van der Waals surface area contributed by atoms with Crippen molar-refractivity contribution in [3.05, 3.63) is 0 Å². The number of aliphatic hydroxyl groups excluding tert-OH is 1. The van der Waals surface area contributed by atoms with E-state index < -0.39 is 97.5 Å². The van der Waals surface area contributed by atoms with Gasteiger partial charge in [0.25, 0.3) is 0 Å². The smallest absolute Gasteiger partial charge is 0.462 e. The topological polar surface area (TPSA) is 237 Å². The summed E-state index contributed by atoms with van der Waals surface area (Å²) in [5, 5.41) is 10.6. The number of ether oxygens (including phenoxy) is 4. The van der Waals surface area contributed by atoms with E-state index in [0.717, 1.165) is 102 Å². The van der Waals surface area contributed by atoms with Crippen molar-refractivity contribution in [3.63, 3.8) is 0 Å². The molecule has 0 radical (unpaired) electrons. The molecule has 0 heterocycles. The fourth-order valence-corrected chi connectivity index (χ4v) is 12.5. The second-order valence-electron chi connectivity index (χ2n) is 27.4. The van der Waals surface area contributed by atoms with Crippen LogP contribution in [0.3, 0.4) is 0 Å². The van der Waals surface area contributed by atoms with Crippen molar-refractivity contribution in [1.82, 2.24) is 0 Å². The van der Waals surface area contributed by atoms with Gasteiger partial charge in [-0.05, 0) is 43.4 Å². The van der Waals surface area contributed by atoms with Gasteiger partial charge in [0.05, 0.1) is 26.4 Å². The molecule has 19 heteroatoms. The Labute approximate surface area is 556 Å². The SMILES string of the molecule is CCCCCCCCCCCCCCCCCCCCCC(=O)O[C@H](COC(=O)CCCCCCCCCCCCC(C)C)COP(=O)(O)OC[C@@H](O)COP(=O)(O)OC[C@@H](COC(=O)CCCCCCCCC(C)C)OC(=O)CCCCCCCCCC(C)C. The molecule has 0 fully saturated rings. The van der Waals surface area contributed by atoms with Crippen LogP contribution in [0.15, 0.2) is 0 Å². The molecule has 17 nitrogen and oxygen atoms in total. The van der Waals surface area contributed by atoms with Gasteiger partial charge < -0.3 is 33.8 Å². The number of rotatable bonds is 70. The maximum atomic E-state index is 13.0. The Hall–Kier alpha value is -1.94. The summed E-state index contributed by atoms with van der Waals surface area (Å²) in [6, 6.07) is 0. The average Bonchev–Trinajstić information content (AvgIpc) is 3.57. The lowest BCUT2D eigenvalue weighted by molar-refractivity contribution is -0.161. The van der Waals surface area contributed by atoms with Crippen LogP contribution in [-0.2, 0) is 65.4 Å². The molecule has 0 aliphatic carbocycles. The summed E-state index contributed by atoms with van der Waals surface area (Å²) in [7, 11) is -9.90. The van der Waals surface area contributed by atoms with Crippen molar-refractivity contribution in [1.29, 1.82) is 0 Å². The fraction of sp³-hybridized carbons (Fsp3) is 0.944. The normalized spacial score (nSPS) is 14.2. The summed E-state index contributed by atoms with van der Waals surface area (Å²) in [4.78, 5) is 72.5. The molecule has 0 aromatic carbocycles. The zero-order valence-corrected chi connectivity index (χ0v) is 61.1. The minimum absolute atomic E-state index is 0.102. The number of esters is 4. The Balaban J connectivity index is 5.20. The molecular weight excluding hydrogens is 1200 g/mol. The van der Waals surface area contributed by atoms with Crippen molar-refractivity contribution in [3.8, 4) is 0 Å². The zero-order chi connectivity index (χ0) is 67.3. The number of hydrogen-bond donors (Lipinski definition) is 3. The minimum Gasteiger partial charge on any atom is -0.462 e.